The Bertz CT molecular complexity index is 318. The first kappa shape index (κ1) is 31.6. The molecule has 0 rings (SSSR count). The molecular formula is C27H57NO2. The Morgan fingerprint density at radius 2 is 0.833 bits per heavy atom. The van der Waals surface area contributed by atoms with Crippen LogP contribution in [0.15, 0.2) is 0 Å². The fourth-order valence-electron chi connectivity index (χ4n) is 3.80. The van der Waals surface area contributed by atoms with Crippen LogP contribution in [0.2, 0.25) is 0 Å². The lowest BCUT2D eigenvalue weighted by Gasteiger charge is -2.03. The molecule has 3 heteroatoms. The van der Waals surface area contributed by atoms with E-state index in [1.807, 2.05) is 0 Å². The van der Waals surface area contributed by atoms with Gasteiger partial charge in [-0.1, -0.05) is 129 Å². The minimum absolute atomic E-state index is 0.346. The molecule has 0 heterocycles. The Morgan fingerprint density at radius 3 is 1.03 bits per heavy atom. The zero-order valence-corrected chi connectivity index (χ0v) is 21.4. The lowest BCUT2D eigenvalue weighted by Crippen LogP contribution is -2.11. The van der Waals surface area contributed by atoms with Gasteiger partial charge in [0, 0.05) is 6.42 Å². The maximum absolute atomic E-state index is 10.4. The van der Waals surface area contributed by atoms with Gasteiger partial charge in [-0.15, -0.1) is 0 Å². The van der Waals surface area contributed by atoms with Gasteiger partial charge in [-0.2, -0.15) is 0 Å². The number of nitrogens with zero attached hydrogens (tertiary/aromatic N) is 1. The molecule has 0 amide bonds. The number of carboxylic acid groups (broad SMARTS) is 1. The van der Waals surface area contributed by atoms with Gasteiger partial charge in [-0.25, -0.2) is 0 Å². The van der Waals surface area contributed by atoms with E-state index in [0.717, 1.165) is 12.8 Å². The van der Waals surface area contributed by atoms with Crippen LogP contribution in [0.1, 0.15) is 149 Å². The van der Waals surface area contributed by atoms with E-state index in [2.05, 4.69) is 32.8 Å². The largest absolute Gasteiger partial charge is 0.481 e. The molecule has 0 aliphatic heterocycles. The summed E-state index contributed by atoms with van der Waals surface area (Å²) in [4.78, 5) is 12.6. The van der Waals surface area contributed by atoms with Crippen molar-refractivity contribution in [2.75, 3.05) is 20.6 Å². The second-order valence-electron chi connectivity index (χ2n) is 9.31. The molecule has 3 nitrogen and oxygen atoms in total. The first-order valence-electron chi connectivity index (χ1n) is 13.4. The fraction of sp³-hybridized carbons (Fsp3) is 0.963. The van der Waals surface area contributed by atoms with E-state index < -0.39 is 5.97 Å². The predicted octanol–water partition coefficient (Wildman–Crippen LogP) is 8.85. The number of hydrogen-bond donors (Lipinski definition) is 1. The van der Waals surface area contributed by atoms with Gasteiger partial charge in [0.05, 0.1) is 0 Å². The summed E-state index contributed by atoms with van der Waals surface area (Å²) in [6.07, 6.45) is 27.4. The van der Waals surface area contributed by atoms with E-state index in [0.29, 0.717) is 6.42 Å². The van der Waals surface area contributed by atoms with Crippen LogP contribution in [0.5, 0.6) is 0 Å². The monoisotopic (exact) mass is 427 g/mol. The quantitative estimate of drug-likeness (QED) is 0.175. The van der Waals surface area contributed by atoms with Gasteiger partial charge < -0.3 is 10.0 Å². The smallest absolute Gasteiger partial charge is 0.303 e. The molecule has 0 unspecified atom stereocenters. The molecule has 0 atom stereocenters. The summed E-state index contributed by atoms with van der Waals surface area (Å²) in [6, 6.07) is 0. The van der Waals surface area contributed by atoms with E-state index in [4.69, 9.17) is 5.11 Å². The summed E-state index contributed by atoms with van der Waals surface area (Å²) < 4.78 is 0. The summed E-state index contributed by atoms with van der Waals surface area (Å²) in [5.74, 6) is -0.651. The van der Waals surface area contributed by atoms with Crippen molar-refractivity contribution in [2.45, 2.75) is 149 Å². The topological polar surface area (TPSA) is 40.5 Å². The summed E-state index contributed by atoms with van der Waals surface area (Å²) in [5, 5.41) is 8.56. The first-order valence-corrected chi connectivity index (χ1v) is 13.4. The molecule has 0 radical (unpaired) electrons. The average molecular weight is 428 g/mol. The Morgan fingerprint density at radius 1 is 0.533 bits per heavy atom. The van der Waals surface area contributed by atoms with Crippen molar-refractivity contribution in [1.82, 2.24) is 4.90 Å². The van der Waals surface area contributed by atoms with Crippen LogP contribution in [0, 0.1) is 0 Å². The number of unbranched alkanes of at least 4 members (excludes halogenated alkanes) is 18. The van der Waals surface area contributed by atoms with Gasteiger partial charge >= 0.3 is 5.97 Å². The molecule has 0 fully saturated rings. The maximum atomic E-state index is 10.4. The van der Waals surface area contributed by atoms with Crippen LogP contribution in [-0.2, 0) is 4.79 Å². The highest BCUT2D eigenvalue weighted by molar-refractivity contribution is 5.66. The highest BCUT2D eigenvalue weighted by atomic mass is 16.4. The zero-order chi connectivity index (χ0) is 22.7. The van der Waals surface area contributed by atoms with Gasteiger partial charge in [0.15, 0.2) is 0 Å². The van der Waals surface area contributed by atoms with E-state index in [1.165, 1.54) is 122 Å². The lowest BCUT2D eigenvalue weighted by atomic mass is 10.0. The molecule has 0 aromatic rings. The van der Waals surface area contributed by atoms with Crippen LogP contribution in [0.4, 0.5) is 0 Å². The molecule has 0 saturated heterocycles. The van der Waals surface area contributed by atoms with Crippen LogP contribution >= 0.6 is 0 Å². The van der Waals surface area contributed by atoms with Crippen molar-refractivity contribution < 1.29 is 9.90 Å². The first-order chi connectivity index (χ1) is 14.5. The van der Waals surface area contributed by atoms with Gasteiger partial charge in [0.2, 0.25) is 0 Å². The third kappa shape index (κ3) is 34.9. The van der Waals surface area contributed by atoms with Gasteiger partial charge in [-0.3, -0.25) is 4.79 Å². The van der Waals surface area contributed by atoms with Gasteiger partial charge in [0.1, 0.15) is 0 Å². The molecule has 0 aliphatic carbocycles. The fourth-order valence-corrected chi connectivity index (χ4v) is 3.80. The Balaban J connectivity index is 0. The molecule has 182 valence electrons. The van der Waals surface area contributed by atoms with Crippen molar-refractivity contribution in [3.05, 3.63) is 0 Å². The summed E-state index contributed by atoms with van der Waals surface area (Å²) in [5.41, 5.74) is 0. The SMILES string of the molecule is CCCCCCCCCCCCCCCCCCCCCC(=O)O.CCCN(C)C. The highest BCUT2D eigenvalue weighted by Gasteiger charge is 1.97. The third-order valence-corrected chi connectivity index (χ3v) is 5.67. The summed E-state index contributed by atoms with van der Waals surface area (Å²) >= 11 is 0. The van der Waals surface area contributed by atoms with Crippen molar-refractivity contribution >= 4 is 5.97 Å². The van der Waals surface area contributed by atoms with Gasteiger partial charge in [0.25, 0.3) is 0 Å². The molecule has 0 aliphatic rings. The van der Waals surface area contributed by atoms with Crippen molar-refractivity contribution in [2.24, 2.45) is 0 Å². The van der Waals surface area contributed by atoms with Crippen molar-refractivity contribution in [3.63, 3.8) is 0 Å². The second-order valence-corrected chi connectivity index (χ2v) is 9.31. The van der Waals surface area contributed by atoms with Crippen LogP contribution in [0.25, 0.3) is 0 Å². The van der Waals surface area contributed by atoms with Gasteiger partial charge in [-0.05, 0) is 33.5 Å². The highest BCUT2D eigenvalue weighted by Crippen LogP contribution is 2.14. The standard InChI is InChI=1S/C22H44O2.C5H13N/c1-2-3-4-5-6-7-8-9-10-11-12-13-14-15-16-17-18-19-20-21-22(23)24;1-4-5-6(2)3/h2-21H2,1H3,(H,23,24);4-5H2,1-3H3. The maximum Gasteiger partial charge on any atom is 0.303 e. The Kier molecular flexibility index (Phi) is 30.0. The predicted molar refractivity (Wildman–Crippen MR) is 134 cm³/mol. The normalized spacial score (nSPS) is 10.8. The number of carboxylic acids is 1. The zero-order valence-electron chi connectivity index (χ0n) is 21.4. The molecule has 30 heavy (non-hydrogen) atoms. The van der Waals surface area contributed by atoms with E-state index in [9.17, 15) is 4.79 Å². The van der Waals surface area contributed by atoms with Crippen LogP contribution in [-0.4, -0.2) is 36.6 Å². The molecule has 0 bridgehead atoms. The molecule has 1 N–H and O–H groups in total. The number of hydrogen-bond acceptors (Lipinski definition) is 2. The minimum Gasteiger partial charge on any atom is -0.481 e. The van der Waals surface area contributed by atoms with E-state index >= 15 is 0 Å². The molecule has 0 aromatic heterocycles. The Labute approximate surface area is 190 Å². The lowest BCUT2D eigenvalue weighted by molar-refractivity contribution is -0.137. The molecule has 0 saturated carbocycles. The molecule has 0 aromatic carbocycles. The summed E-state index contributed by atoms with van der Waals surface area (Å²) in [6.45, 7) is 5.67. The van der Waals surface area contributed by atoms with Crippen LogP contribution < -0.4 is 0 Å². The summed E-state index contributed by atoms with van der Waals surface area (Å²) in [7, 11) is 4.17. The van der Waals surface area contributed by atoms with Crippen molar-refractivity contribution in [3.8, 4) is 0 Å². The number of rotatable bonds is 22. The van der Waals surface area contributed by atoms with E-state index in [-0.39, 0.29) is 0 Å². The average Bonchev–Trinajstić information content (AvgIpc) is 2.70. The molecule has 0 spiro atoms. The molecular weight excluding hydrogens is 370 g/mol. The number of carbonyl (C=O) groups is 1. The van der Waals surface area contributed by atoms with Crippen LogP contribution in [0.3, 0.4) is 0 Å². The van der Waals surface area contributed by atoms with Crippen molar-refractivity contribution in [1.29, 1.82) is 0 Å². The number of aliphatic carboxylic acids is 1. The van der Waals surface area contributed by atoms with E-state index in [1.54, 1.807) is 0 Å². The second kappa shape index (κ2) is 28.4. The third-order valence-electron chi connectivity index (χ3n) is 5.67. The minimum atomic E-state index is -0.651. The Hall–Kier alpha value is -0.570.